The third-order valence-electron chi connectivity index (χ3n) is 1.41. The Kier molecular flexibility index (Phi) is 3.32. The number of carbonyl (C=O) groups is 1. The molecule has 0 fully saturated rings. The smallest absolute Gasteiger partial charge is 0.153 e. The second kappa shape index (κ2) is 4.29. The molecule has 0 saturated carbocycles. The highest BCUT2D eigenvalue weighted by Crippen LogP contribution is 2.21. The molecule has 0 aliphatic heterocycles. The summed E-state index contributed by atoms with van der Waals surface area (Å²) in [6.45, 7) is 0. The van der Waals surface area contributed by atoms with E-state index in [4.69, 9.17) is 23.2 Å². The van der Waals surface area contributed by atoms with E-state index >= 15 is 0 Å². The number of aldehydes is 1. The molecule has 0 atom stereocenters. The van der Waals surface area contributed by atoms with E-state index in [2.05, 4.69) is 0 Å². The predicted octanol–water partition coefficient (Wildman–Crippen LogP) is 3.03. The lowest BCUT2D eigenvalue weighted by Crippen LogP contribution is -1.84. The zero-order valence-electron chi connectivity index (χ0n) is 6.13. The van der Waals surface area contributed by atoms with Crippen LogP contribution >= 0.6 is 23.2 Å². The lowest BCUT2D eigenvalue weighted by molar-refractivity contribution is -0.103. The van der Waals surface area contributed by atoms with E-state index < -0.39 is 0 Å². The second-order valence-electron chi connectivity index (χ2n) is 2.16. The lowest BCUT2D eigenvalue weighted by atomic mass is 10.1. The van der Waals surface area contributed by atoms with Gasteiger partial charge in [0.25, 0.3) is 0 Å². The highest BCUT2D eigenvalue weighted by atomic mass is 35.5. The molecule has 0 radical (unpaired) electrons. The fourth-order valence-electron chi connectivity index (χ4n) is 0.839. The summed E-state index contributed by atoms with van der Waals surface area (Å²) in [6.07, 6.45) is 0.644. The quantitative estimate of drug-likeness (QED) is 0.530. The van der Waals surface area contributed by atoms with Crippen LogP contribution in [0.25, 0.3) is 5.57 Å². The number of allylic oxidation sites excluding steroid dienone is 1. The number of hydrogen-bond acceptors (Lipinski definition) is 1. The van der Waals surface area contributed by atoms with Crippen LogP contribution in [0.2, 0.25) is 0 Å². The first kappa shape index (κ1) is 9.30. The molecule has 1 rings (SSSR count). The van der Waals surface area contributed by atoms with E-state index in [9.17, 15) is 4.79 Å². The van der Waals surface area contributed by atoms with Crippen molar-refractivity contribution in [2.24, 2.45) is 0 Å². The van der Waals surface area contributed by atoms with E-state index in [0.717, 1.165) is 5.56 Å². The molecule has 0 spiro atoms. The molecule has 0 aliphatic rings. The number of rotatable bonds is 2. The van der Waals surface area contributed by atoms with Crippen molar-refractivity contribution >= 4 is 35.1 Å². The topological polar surface area (TPSA) is 17.1 Å². The molecule has 3 heteroatoms. The Hall–Kier alpha value is -0.790. The van der Waals surface area contributed by atoms with Crippen LogP contribution in [0.4, 0.5) is 0 Å². The summed E-state index contributed by atoms with van der Waals surface area (Å²) in [5, 5.41) is 0. The average Bonchev–Trinajstić information content (AvgIpc) is 2.07. The first-order valence-corrected chi connectivity index (χ1v) is 4.07. The zero-order valence-corrected chi connectivity index (χ0v) is 7.64. The largest absolute Gasteiger partial charge is 0.298 e. The van der Waals surface area contributed by atoms with Crippen molar-refractivity contribution in [2.75, 3.05) is 0 Å². The number of hydrogen-bond donors (Lipinski definition) is 0. The molecule has 1 aromatic rings. The minimum atomic E-state index is -0.00352. The van der Waals surface area contributed by atoms with Gasteiger partial charge in [-0.3, -0.25) is 4.79 Å². The Bertz CT molecular complexity index is 300. The van der Waals surface area contributed by atoms with Gasteiger partial charge in [0, 0.05) is 0 Å². The van der Waals surface area contributed by atoms with Crippen LogP contribution < -0.4 is 0 Å². The molecule has 0 unspecified atom stereocenters. The Morgan fingerprint density at radius 1 is 1.17 bits per heavy atom. The molecule has 1 aromatic carbocycles. The molecule has 0 bridgehead atoms. The van der Waals surface area contributed by atoms with Crippen molar-refractivity contribution in [3.8, 4) is 0 Å². The van der Waals surface area contributed by atoms with Crippen LogP contribution in [0.3, 0.4) is 0 Å². The van der Waals surface area contributed by atoms with Gasteiger partial charge >= 0.3 is 0 Å². The van der Waals surface area contributed by atoms with E-state index in [1.54, 1.807) is 12.1 Å². The fourth-order valence-corrected chi connectivity index (χ4v) is 1.15. The second-order valence-corrected chi connectivity index (χ2v) is 3.11. The Morgan fingerprint density at radius 3 is 2.17 bits per heavy atom. The highest BCUT2D eigenvalue weighted by Gasteiger charge is 2.02. The summed E-state index contributed by atoms with van der Waals surface area (Å²) >= 11 is 11.0. The minimum absolute atomic E-state index is 0.00352. The Balaban J connectivity index is 3.14. The maximum absolute atomic E-state index is 10.5. The molecule has 0 aromatic heterocycles. The summed E-state index contributed by atoms with van der Waals surface area (Å²) in [7, 11) is 0. The number of halogens is 2. The predicted molar refractivity (Wildman–Crippen MR) is 51.1 cm³/mol. The summed E-state index contributed by atoms with van der Waals surface area (Å²) < 4.78 is -0.00352. The van der Waals surface area contributed by atoms with Crippen LogP contribution in [0, 0.1) is 0 Å². The summed E-state index contributed by atoms with van der Waals surface area (Å²) in [5.41, 5.74) is 1.05. The molecule has 0 aliphatic carbocycles. The molecule has 0 N–H and O–H groups in total. The summed E-state index contributed by atoms with van der Waals surface area (Å²) in [4.78, 5) is 10.5. The van der Waals surface area contributed by atoms with Gasteiger partial charge in [0.15, 0.2) is 6.29 Å². The molecule has 12 heavy (non-hydrogen) atoms. The van der Waals surface area contributed by atoms with Gasteiger partial charge in [-0.2, -0.15) is 0 Å². The van der Waals surface area contributed by atoms with E-state index in [1.165, 1.54) is 0 Å². The van der Waals surface area contributed by atoms with E-state index in [-0.39, 0.29) is 4.49 Å². The van der Waals surface area contributed by atoms with Gasteiger partial charge in [-0.1, -0.05) is 53.5 Å². The van der Waals surface area contributed by atoms with Gasteiger partial charge < -0.3 is 0 Å². The van der Waals surface area contributed by atoms with Crippen LogP contribution in [-0.2, 0) is 4.79 Å². The molecule has 62 valence electrons. The van der Waals surface area contributed by atoms with Gasteiger partial charge in [-0.25, -0.2) is 0 Å². The van der Waals surface area contributed by atoms with E-state index in [0.29, 0.717) is 11.9 Å². The number of carbonyl (C=O) groups excluding carboxylic acids is 1. The van der Waals surface area contributed by atoms with Crippen molar-refractivity contribution in [1.29, 1.82) is 0 Å². The highest BCUT2D eigenvalue weighted by molar-refractivity contribution is 6.60. The van der Waals surface area contributed by atoms with E-state index in [1.807, 2.05) is 18.2 Å². The Morgan fingerprint density at radius 2 is 1.75 bits per heavy atom. The van der Waals surface area contributed by atoms with Gasteiger partial charge in [-0.05, 0) is 5.56 Å². The average molecular weight is 201 g/mol. The number of benzene rings is 1. The van der Waals surface area contributed by atoms with Crippen molar-refractivity contribution in [3.63, 3.8) is 0 Å². The standard InChI is InChI=1S/C9H6Cl2O/c10-9(11)8(6-12)7-4-2-1-3-5-7/h1-6H. The SMILES string of the molecule is O=CC(=C(Cl)Cl)c1ccccc1. The molecule has 0 amide bonds. The molecular weight excluding hydrogens is 195 g/mol. The summed E-state index contributed by atoms with van der Waals surface area (Å²) in [5.74, 6) is 0. The molecule has 0 saturated heterocycles. The normalized spacial score (nSPS) is 9.17. The Labute approximate surface area is 80.6 Å². The monoisotopic (exact) mass is 200 g/mol. The lowest BCUT2D eigenvalue weighted by Gasteiger charge is -1.98. The van der Waals surface area contributed by atoms with Gasteiger partial charge in [0.2, 0.25) is 0 Å². The zero-order chi connectivity index (χ0) is 8.97. The van der Waals surface area contributed by atoms with Crippen molar-refractivity contribution in [3.05, 3.63) is 40.4 Å². The maximum Gasteiger partial charge on any atom is 0.153 e. The van der Waals surface area contributed by atoms with Crippen molar-refractivity contribution in [2.45, 2.75) is 0 Å². The molecule has 0 heterocycles. The first-order chi connectivity index (χ1) is 5.75. The summed E-state index contributed by atoms with van der Waals surface area (Å²) in [6, 6.07) is 9.03. The fraction of sp³-hybridized carbons (Fsp3) is 0. The van der Waals surface area contributed by atoms with Gasteiger partial charge in [0.05, 0.1) is 5.57 Å². The van der Waals surface area contributed by atoms with Crippen LogP contribution in [0.15, 0.2) is 34.8 Å². The van der Waals surface area contributed by atoms with Crippen molar-refractivity contribution in [1.82, 2.24) is 0 Å². The first-order valence-electron chi connectivity index (χ1n) is 3.31. The van der Waals surface area contributed by atoms with Crippen LogP contribution in [-0.4, -0.2) is 6.29 Å². The van der Waals surface area contributed by atoms with Crippen LogP contribution in [0.5, 0.6) is 0 Å². The molecule has 1 nitrogen and oxygen atoms in total. The van der Waals surface area contributed by atoms with Gasteiger partial charge in [-0.15, -0.1) is 0 Å². The third-order valence-corrected chi connectivity index (χ3v) is 1.81. The minimum Gasteiger partial charge on any atom is -0.298 e. The van der Waals surface area contributed by atoms with Gasteiger partial charge in [0.1, 0.15) is 4.49 Å². The third kappa shape index (κ3) is 2.10. The van der Waals surface area contributed by atoms with Crippen molar-refractivity contribution < 1.29 is 4.79 Å². The maximum atomic E-state index is 10.5. The van der Waals surface area contributed by atoms with Crippen LogP contribution in [0.1, 0.15) is 5.56 Å². The molecular formula is C9H6Cl2O.